The molecule has 0 unspecified atom stereocenters. The molecule has 0 aliphatic heterocycles. The number of oxime groups is 1. The van der Waals surface area contributed by atoms with Crippen LogP contribution >= 0.6 is 31.9 Å². The summed E-state index contributed by atoms with van der Waals surface area (Å²) in [5.41, 5.74) is 6.05. The number of guanidine groups is 1. The van der Waals surface area contributed by atoms with Gasteiger partial charge in [-0.25, -0.2) is 0 Å². The Balaban J connectivity index is 2.43. The van der Waals surface area contributed by atoms with E-state index in [0.29, 0.717) is 25.4 Å². The Bertz CT molecular complexity index is 813. The number of unbranched alkanes of at least 4 members (excludes halogenated alkanes) is 4. The van der Waals surface area contributed by atoms with Gasteiger partial charge in [-0.05, 0) is 75.2 Å². The molecule has 0 fully saturated rings. The molecule has 11 nitrogen and oxygen atoms in total. The predicted octanol–water partition coefficient (Wildman–Crippen LogP) is 2.39. The van der Waals surface area contributed by atoms with Crippen LogP contribution in [0.1, 0.15) is 44.1 Å². The fraction of sp³-hybridized carbons (Fsp3) is 0.524. The third kappa shape index (κ3) is 12.6. The van der Waals surface area contributed by atoms with E-state index in [1.54, 1.807) is 0 Å². The van der Waals surface area contributed by atoms with Crippen LogP contribution in [0.25, 0.3) is 0 Å². The van der Waals surface area contributed by atoms with Gasteiger partial charge in [0.2, 0.25) is 0 Å². The van der Waals surface area contributed by atoms with Gasteiger partial charge in [0.05, 0.1) is 15.6 Å². The number of carbonyl (C=O) groups is 1. The second-order valence-corrected chi connectivity index (χ2v) is 9.12. The highest BCUT2D eigenvalue weighted by atomic mass is 79.9. The molecular formula is C21H34Br2N8O3. The quantitative estimate of drug-likeness (QED) is 0.0355. The molecule has 1 aromatic carbocycles. The normalized spacial score (nSPS) is 11.4. The minimum Gasteiger partial charge on any atom is -0.491 e. The molecule has 9 N–H and O–H groups in total. The van der Waals surface area contributed by atoms with Crippen LogP contribution in [0.4, 0.5) is 0 Å². The van der Waals surface area contributed by atoms with Crippen LogP contribution < -0.4 is 32.3 Å². The number of hydrogen-bond donors (Lipinski definition) is 7. The Kier molecular flexibility index (Phi) is 15.5. The number of carbonyl (C=O) groups excluding carboxylic acids is 1. The summed E-state index contributed by atoms with van der Waals surface area (Å²) in [7, 11) is 0. The van der Waals surface area contributed by atoms with E-state index in [9.17, 15) is 10.0 Å². The molecule has 0 heterocycles. The topological polar surface area (TPSA) is 183 Å². The molecule has 34 heavy (non-hydrogen) atoms. The molecule has 1 aromatic rings. The average Bonchev–Trinajstić information content (AvgIpc) is 2.79. The lowest BCUT2D eigenvalue weighted by molar-refractivity contribution is -0.115. The first-order valence-corrected chi connectivity index (χ1v) is 12.6. The standard InChI is InChI=1S/C21H34Br2N8O3/c22-16-11-15(12-17(23)19(16)34-10-6-5-7-27-14-30-26)13-18(31-33)20(32)28-8-3-1-2-4-9-29-21(24)25/h11-12,14,33H,1-10,13,26H2,(H,27,30)(H,28,32)(H4,24,25,29). The molecule has 0 radical (unpaired) electrons. The second kappa shape index (κ2) is 17.9. The van der Waals surface area contributed by atoms with Crippen LogP contribution in [0.3, 0.4) is 0 Å². The van der Waals surface area contributed by atoms with Crippen molar-refractivity contribution in [3.63, 3.8) is 0 Å². The number of nitrogens with zero attached hydrogens (tertiary/aromatic N) is 2. The molecule has 0 bridgehead atoms. The average molecular weight is 606 g/mol. The van der Waals surface area contributed by atoms with Crippen molar-refractivity contribution >= 4 is 55.8 Å². The van der Waals surface area contributed by atoms with E-state index < -0.39 is 5.91 Å². The minimum atomic E-state index is -0.401. The third-order valence-electron chi connectivity index (χ3n) is 4.64. The number of benzene rings is 1. The van der Waals surface area contributed by atoms with Crippen LogP contribution in [0.5, 0.6) is 5.75 Å². The van der Waals surface area contributed by atoms with E-state index in [4.69, 9.17) is 21.7 Å². The van der Waals surface area contributed by atoms with Crippen LogP contribution in [0.2, 0.25) is 0 Å². The van der Waals surface area contributed by atoms with E-state index in [-0.39, 0.29) is 18.1 Å². The van der Waals surface area contributed by atoms with Gasteiger partial charge in [0.15, 0.2) is 5.96 Å². The highest BCUT2D eigenvalue weighted by molar-refractivity contribution is 9.11. The van der Waals surface area contributed by atoms with Gasteiger partial charge in [-0.2, -0.15) is 5.10 Å². The van der Waals surface area contributed by atoms with Crippen LogP contribution in [0.15, 0.2) is 31.3 Å². The van der Waals surface area contributed by atoms with Crippen molar-refractivity contribution in [1.29, 1.82) is 5.41 Å². The smallest absolute Gasteiger partial charge is 0.269 e. The Morgan fingerprint density at radius 1 is 1.06 bits per heavy atom. The SMILES string of the molecule is N=C(N)NCCCCCCNC(=O)C(Cc1cc(Br)c(OCCCCNC=NN)c(Br)c1)=NO. The Labute approximate surface area is 216 Å². The predicted molar refractivity (Wildman–Crippen MR) is 142 cm³/mol. The number of nitrogens with two attached hydrogens (primary N) is 2. The fourth-order valence-corrected chi connectivity index (χ4v) is 4.47. The summed E-state index contributed by atoms with van der Waals surface area (Å²) in [6.07, 6.45) is 7.00. The first-order valence-electron chi connectivity index (χ1n) is 11.0. The number of ether oxygens (including phenoxy) is 1. The van der Waals surface area contributed by atoms with E-state index >= 15 is 0 Å². The maximum Gasteiger partial charge on any atom is 0.269 e. The van der Waals surface area contributed by atoms with Crippen molar-refractivity contribution in [2.45, 2.75) is 44.9 Å². The highest BCUT2D eigenvalue weighted by Gasteiger charge is 2.16. The number of hydrazone groups is 1. The molecular weight excluding hydrogens is 572 g/mol. The van der Waals surface area contributed by atoms with E-state index in [1.807, 2.05) is 12.1 Å². The van der Waals surface area contributed by atoms with Gasteiger partial charge in [0.1, 0.15) is 17.8 Å². The molecule has 0 aromatic heterocycles. The second-order valence-electron chi connectivity index (χ2n) is 7.41. The number of rotatable bonds is 17. The maximum absolute atomic E-state index is 12.4. The zero-order chi connectivity index (χ0) is 25.2. The molecule has 0 saturated heterocycles. The number of nitrogens with one attached hydrogen (secondary N) is 4. The van der Waals surface area contributed by atoms with Gasteiger partial charge in [0, 0.05) is 26.1 Å². The summed E-state index contributed by atoms with van der Waals surface area (Å²) < 4.78 is 7.34. The number of amides is 1. The van der Waals surface area contributed by atoms with Crippen LogP contribution in [-0.2, 0) is 11.2 Å². The molecule has 0 atom stereocenters. The zero-order valence-corrected chi connectivity index (χ0v) is 22.3. The van der Waals surface area contributed by atoms with E-state index in [0.717, 1.165) is 59.6 Å². The van der Waals surface area contributed by atoms with Gasteiger partial charge >= 0.3 is 0 Å². The van der Waals surface area contributed by atoms with Gasteiger partial charge < -0.3 is 37.5 Å². The van der Waals surface area contributed by atoms with Crippen molar-refractivity contribution < 1.29 is 14.7 Å². The van der Waals surface area contributed by atoms with Gasteiger partial charge in [-0.15, -0.1) is 0 Å². The van der Waals surface area contributed by atoms with Crippen molar-refractivity contribution in [2.24, 2.45) is 21.8 Å². The number of hydrogen-bond acceptors (Lipinski definition) is 7. The third-order valence-corrected chi connectivity index (χ3v) is 5.82. The first kappa shape index (κ1) is 29.5. The summed E-state index contributed by atoms with van der Waals surface area (Å²) in [6, 6.07) is 3.68. The Morgan fingerprint density at radius 2 is 1.68 bits per heavy atom. The molecule has 0 spiro atoms. The van der Waals surface area contributed by atoms with Gasteiger partial charge in [-0.1, -0.05) is 18.0 Å². The van der Waals surface area contributed by atoms with Crippen LogP contribution in [-0.4, -0.2) is 55.4 Å². The van der Waals surface area contributed by atoms with Crippen molar-refractivity contribution in [2.75, 3.05) is 26.2 Å². The Hall–Kier alpha value is -2.54. The van der Waals surface area contributed by atoms with E-state index in [2.05, 4.69) is 58.1 Å². The van der Waals surface area contributed by atoms with Gasteiger partial charge in [-0.3, -0.25) is 10.2 Å². The summed E-state index contributed by atoms with van der Waals surface area (Å²) in [4.78, 5) is 12.4. The minimum absolute atomic E-state index is 0.0250. The summed E-state index contributed by atoms with van der Waals surface area (Å²) in [5, 5.41) is 31.5. The van der Waals surface area contributed by atoms with Crippen molar-refractivity contribution in [3.8, 4) is 5.75 Å². The highest BCUT2D eigenvalue weighted by Crippen LogP contribution is 2.35. The lowest BCUT2D eigenvalue weighted by Gasteiger charge is -2.13. The largest absolute Gasteiger partial charge is 0.491 e. The molecule has 0 saturated carbocycles. The van der Waals surface area contributed by atoms with Crippen LogP contribution in [0, 0.1) is 5.41 Å². The molecule has 0 aliphatic rings. The monoisotopic (exact) mass is 604 g/mol. The molecule has 0 aliphatic carbocycles. The van der Waals surface area contributed by atoms with Gasteiger partial charge in [0.25, 0.3) is 5.91 Å². The molecule has 190 valence electrons. The summed E-state index contributed by atoms with van der Waals surface area (Å²) in [6.45, 7) is 2.46. The summed E-state index contributed by atoms with van der Waals surface area (Å²) in [5.74, 6) is 5.26. The molecule has 13 heteroatoms. The van der Waals surface area contributed by atoms with Crippen molar-refractivity contribution in [3.05, 3.63) is 26.6 Å². The van der Waals surface area contributed by atoms with Crippen molar-refractivity contribution in [1.82, 2.24) is 16.0 Å². The van der Waals surface area contributed by atoms with E-state index in [1.165, 1.54) is 6.34 Å². The lowest BCUT2D eigenvalue weighted by Crippen LogP contribution is -2.33. The maximum atomic E-state index is 12.4. The first-order chi connectivity index (χ1) is 16.4. The summed E-state index contributed by atoms with van der Waals surface area (Å²) >= 11 is 7.02. The number of halogens is 2. The molecule has 1 amide bonds. The fourth-order valence-electron chi connectivity index (χ4n) is 2.96. The zero-order valence-electron chi connectivity index (χ0n) is 19.1. The Morgan fingerprint density at radius 3 is 2.26 bits per heavy atom. The molecule has 1 rings (SSSR count). The lowest BCUT2D eigenvalue weighted by atomic mass is 10.1.